The summed E-state index contributed by atoms with van der Waals surface area (Å²) in [4.78, 5) is 11.2. The van der Waals surface area contributed by atoms with Crippen LogP contribution in [0.1, 0.15) is 5.56 Å². The van der Waals surface area contributed by atoms with E-state index in [1.165, 1.54) is 0 Å². The molecule has 0 saturated carbocycles. The van der Waals surface area contributed by atoms with Gasteiger partial charge in [-0.3, -0.25) is 0 Å². The minimum atomic E-state index is -0.287. The first kappa shape index (κ1) is 11.4. The van der Waals surface area contributed by atoms with Crippen molar-refractivity contribution in [2.45, 2.75) is 0 Å². The molecule has 1 aromatic carbocycles. The smallest absolute Gasteiger partial charge is 0.319 e. The zero-order valence-corrected chi connectivity index (χ0v) is 8.84. The molecule has 3 nitrogen and oxygen atoms in total. The van der Waals surface area contributed by atoms with E-state index in [-0.39, 0.29) is 6.03 Å². The maximum atomic E-state index is 11.2. The summed E-state index contributed by atoms with van der Waals surface area (Å²) in [7, 11) is 0. The van der Waals surface area contributed by atoms with Crippen molar-refractivity contribution in [3.8, 4) is 12.3 Å². The molecule has 0 atom stereocenters. The number of hydrogen-bond acceptors (Lipinski definition) is 1. The Labute approximate surface area is 93.8 Å². The number of benzene rings is 1. The summed E-state index contributed by atoms with van der Waals surface area (Å²) in [5, 5.41) is 5.23. The molecule has 2 N–H and O–H groups in total. The number of amides is 2. The van der Waals surface area contributed by atoms with Crippen molar-refractivity contribution < 1.29 is 4.79 Å². The summed E-state index contributed by atoms with van der Waals surface area (Å²) < 4.78 is 0. The van der Waals surface area contributed by atoms with Gasteiger partial charge in [0.1, 0.15) is 0 Å². The molecule has 0 aliphatic rings. The highest BCUT2D eigenvalue weighted by Crippen LogP contribution is 2.09. The summed E-state index contributed by atoms with van der Waals surface area (Å²) in [6, 6.07) is 6.78. The third-order valence-corrected chi connectivity index (χ3v) is 1.86. The Kier molecular flexibility index (Phi) is 4.52. The number of terminal acetylenes is 1. The second kappa shape index (κ2) is 5.94. The van der Waals surface area contributed by atoms with E-state index in [0.29, 0.717) is 18.1 Å². The van der Waals surface area contributed by atoms with Gasteiger partial charge < -0.3 is 10.6 Å². The maximum Gasteiger partial charge on any atom is 0.319 e. The Morgan fingerprint density at radius 1 is 1.53 bits per heavy atom. The van der Waals surface area contributed by atoms with Crippen molar-refractivity contribution in [2.24, 2.45) is 0 Å². The second-order valence-electron chi connectivity index (χ2n) is 2.80. The first-order chi connectivity index (χ1) is 7.26. The van der Waals surface area contributed by atoms with Crippen LogP contribution in [0, 0.1) is 12.3 Å². The molecule has 0 unspecified atom stereocenters. The van der Waals surface area contributed by atoms with Crippen LogP contribution in [-0.4, -0.2) is 18.5 Å². The summed E-state index contributed by atoms with van der Waals surface area (Å²) in [6.45, 7) is 0.433. The minimum Gasteiger partial charge on any atom is -0.337 e. The van der Waals surface area contributed by atoms with E-state index in [1.54, 1.807) is 24.3 Å². The van der Waals surface area contributed by atoms with Gasteiger partial charge in [-0.1, -0.05) is 12.0 Å². The minimum absolute atomic E-state index is 0.287. The van der Waals surface area contributed by atoms with Gasteiger partial charge in [-0.2, -0.15) is 0 Å². The molecule has 2 amide bonds. The number of halogens is 1. The molecule has 0 spiro atoms. The summed E-state index contributed by atoms with van der Waals surface area (Å²) in [6.07, 6.45) is 5.23. The fourth-order valence-electron chi connectivity index (χ4n) is 1.02. The van der Waals surface area contributed by atoms with Crippen molar-refractivity contribution in [1.82, 2.24) is 5.32 Å². The summed E-state index contributed by atoms with van der Waals surface area (Å²) in [5.74, 6) is 2.88. The molecular weight excluding hydrogens is 212 g/mol. The fourth-order valence-corrected chi connectivity index (χ4v) is 1.12. The van der Waals surface area contributed by atoms with E-state index in [9.17, 15) is 4.79 Å². The first-order valence-corrected chi connectivity index (χ1v) is 4.97. The maximum absolute atomic E-state index is 11.2. The SMILES string of the molecule is C#Cc1cccc(NC(=O)NCCCl)c1. The van der Waals surface area contributed by atoms with Gasteiger partial charge in [-0.05, 0) is 18.2 Å². The Bertz CT molecular complexity index is 384. The van der Waals surface area contributed by atoms with Gasteiger partial charge in [0, 0.05) is 23.7 Å². The van der Waals surface area contributed by atoms with E-state index in [1.807, 2.05) is 0 Å². The number of anilines is 1. The highest BCUT2D eigenvalue weighted by Gasteiger charge is 2.00. The molecule has 0 bridgehead atoms. The van der Waals surface area contributed by atoms with Gasteiger partial charge in [-0.15, -0.1) is 18.0 Å². The zero-order chi connectivity index (χ0) is 11.1. The quantitative estimate of drug-likeness (QED) is 0.596. The lowest BCUT2D eigenvalue weighted by atomic mass is 10.2. The third kappa shape index (κ3) is 3.92. The Morgan fingerprint density at radius 2 is 2.33 bits per heavy atom. The standard InChI is InChI=1S/C11H11ClN2O/c1-2-9-4-3-5-10(8-9)14-11(15)13-7-6-12/h1,3-5,8H,6-7H2,(H2,13,14,15). The number of alkyl halides is 1. The fraction of sp³-hybridized carbons (Fsp3) is 0.182. The number of carbonyl (C=O) groups is 1. The van der Waals surface area contributed by atoms with E-state index in [4.69, 9.17) is 18.0 Å². The molecule has 0 aliphatic carbocycles. The zero-order valence-electron chi connectivity index (χ0n) is 8.09. The molecular formula is C11H11ClN2O. The van der Waals surface area contributed by atoms with Crippen LogP contribution in [0.4, 0.5) is 10.5 Å². The van der Waals surface area contributed by atoms with Crippen LogP contribution in [0.25, 0.3) is 0 Å². The van der Waals surface area contributed by atoms with Gasteiger partial charge in [-0.25, -0.2) is 4.79 Å². The van der Waals surface area contributed by atoms with Crippen LogP contribution in [0.15, 0.2) is 24.3 Å². The molecule has 78 valence electrons. The third-order valence-electron chi connectivity index (χ3n) is 1.67. The van der Waals surface area contributed by atoms with E-state index < -0.39 is 0 Å². The Balaban J connectivity index is 2.57. The van der Waals surface area contributed by atoms with Crippen LogP contribution in [-0.2, 0) is 0 Å². The average Bonchev–Trinajstić information content (AvgIpc) is 2.26. The van der Waals surface area contributed by atoms with Crippen LogP contribution in [0.2, 0.25) is 0 Å². The number of rotatable bonds is 3. The van der Waals surface area contributed by atoms with Crippen molar-refractivity contribution in [2.75, 3.05) is 17.7 Å². The lowest BCUT2D eigenvalue weighted by Gasteiger charge is -2.06. The van der Waals surface area contributed by atoms with Gasteiger partial charge >= 0.3 is 6.03 Å². The highest BCUT2D eigenvalue weighted by molar-refractivity contribution is 6.18. The molecule has 0 fully saturated rings. The van der Waals surface area contributed by atoms with Gasteiger partial charge in [0.25, 0.3) is 0 Å². The lowest BCUT2D eigenvalue weighted by Crippen LogP contribution is -2.30. The molecule has 0 aliphatic heterocycles. The second-order valence-corrected chi connectivity index (χ2v) is 3.17. The van der Waals surface area contributed by atoms with E-state index >= 15 is 0 Å². The molecule has 1 rings (SSSR count). The van der Waals surface area contributed by atoms with Crippen LogP contribution in [0.3, 0.4) is 0 Å². The highest BCUT2D eigenvalue weighted by atomic mass is 35.5. The number of hydrogen-bond donors (Lipinski definition) is 2. The predicted octanol–water partition coefficient (Wildman–Crippen LogP) is 2.03. The van der Waals surface area contributed by atoms with E-state index in [2.05, 4.69) is 16.6 Å². The molecule has 0 radical (unpaired) electrons. The van der Waals surface area contributed by atoms with Crippen LogP contribution in [0.5, 0.6) is 0 Å². The normalized spacial score (nSPS) is 9.07. The van der Waals surface area contributed by atoms with Gasteiger partial charge in [0.05, 0.1) is 0 Å². The van der Waals surface area contributed by atoms with Crippen molar-refractivity contribution in [3.63, 3.8) is 0 Å². The Morgan fingerprint density at radius 3 is 3.00 bits per heavy atom. The molecule has 0 aromatic heterocycles. The van der Waals surface area contributed by atoms with Crippen LogP contribution >= 0.6 is 11.6 Å². The average molecular weight is 223 g/mol. The topological polar surface area (TPSA) is 41.1 Å². The van der Waals surface area contributed by atoms with Crippen molar-refractivity contribution in [1.29, 1.82) is 0 Å². The van der Waals surface area contributed by atoms with Crippen molar-refractivity contribution in [3.05, 3.63) is 29.8 Å². The van der Waals surface area contributed by atoms with Crippen LogP contribution < -0.4 is 10.6 Å². The molecule has 4 heteroatoms. The number of nitrogens with one attached hydrogen (secondary N) is 2. The Hall–Kier alpha value is -1.66. The van der Waals surface area contributed by atoms with Gasteiger partial charge in [0.2, 0.25) is 0 Å². The molecule has 0 saturated heterocycles. The largest absolute Gasteiger partial charge is 0.337 e. The van der Waals surface area contributed by atoms with E-state index in [0.717, 1.165) is 5.56 Å². The molecule has 0 heterocycles. The van der Waals surface area contributed by atoms with Gasteiger partial charge in [0.15, 0.2) is 0 Å². The van der Waals surface area contributed by atoms with Crippen molar-refractivity contribution >= 4 is 23.3 Å². The number of carbonyl (C=O) groups excluding carboxylic acids is 1. The predicted molar refractivity (Wildman–Crippen MR) is 62.1 cm³/mol. The molecule has 15 heavy (non-hydrogen) atoms. The lowest BCUT2D eigenvalue weighted by molar-refractivity contribution is 0.252. The number of urea groups is 1. The summed E-state index contributed by atoms with van der Waals surface area (Å²) in [5.41, 5.74) is 1.39. The first-order valence-electron chi connectivity index (χ1n) is 4.43. The monoisotopic (exact) mass is 222 g/mol. The molecule has 1 aromatic rings. The summed E-state index contributed by atoms with van der Waals surface area (Å²) >= 11 is 5.43.